The highest BCUT2D eigenvalue weighted by molar-refractivity contribution is 5.49. The highest BCUT2D eigenvalue weighted by Gasteiger charge is 2.28. The summed E-state index contributed by atoms with van der Waals surface area (Å²) in [4.78, 5) is 14.1. The second-order valence-corrected chi connectivity index (χ2v) is 5.64. The number of nitrogens with one attached hydrogen (secondary N) is 1. The molecule has 3 rings (SSSR count). The van der Waals surface area contributed by atoms with E-state index in [0.29, 0.717) is 5.92 Å². The van der Waals surface area contributed by atoms with Gasteiger partial charge in [0.05, 0.1) is 11.4 Å². The van der Waals surface area contributed by atoms with Crippen LogP contribution in [0.15, 0.2) is 18.3 Å². The zero-order valence-corrected chi connectivity index (χ0v) is 13.0. The number of hydrogen-bond acceptors (Lipinski definition) is 4. The monoisotopic (exact) mass is 282 g/mol. The standard InChI is InChI=1S/C17H22N4/c1-4-6-14-20-15(11(2)17(18-3)21-14)13-9-8-12-7-5-10-19-16(12)13/h5,7,10,13H,4,6,8-9H2,1-3H3,(H,18,20,21). The van der Waals surface area contributed by atoms with Crippen LogP contribution in [-0.2, 0) is 12.8 Å². The SMILES string of the molecule is CCCc1nc(NC)c(C)c(C2CCc3cccnc32)n1. The lowest BCUT2D eigenvalue weighted by Crippen LogP contribution is -2.11. The highest BCUT2D eigenvalue weighted by atomic mass is 15.0. The molecule has 1 atom stereocenters. The van der Waals surface area contributed by atoms with E-state index in [-0.39, 0.29) is 0 Å². The number of aryl methyl sites for hydroxylation is 2. The maximum absolute atomic E-state index is 4.86. The molecule has 0 saturated heterocycles. The van der Waals surface area contributed by atoms with E-state index in [9.17, 15) is 0 Å². The van der Waals surface area contributed by atoms with Crippen LogP contribution in [0.3, 0.4) is 0 Å². The third kappa shape index (κ3) is 2.50. The number of fused-ring (bicyclic) bond motifs is 1. The first-order chi connectivity index (χ1) is 10.2. The fourth-order valence-electron chi connectivity index (χ4n) is 3.18. The van der Waals surface area contributed by atoms with Crippen molar-refractivity contribution in [3.8, 4) is 0 Å². The minimum Gasteiger partial charge on any atom is -0.373 e. The number of aromatic nitrogens is 3. The largest absolute Gasteiger partial charge is 0.373 e. The van der Waals surface area contributed by atoms with Gasteiger partial charge in [0.15, 0.2) is 0 Å². The van der Waals surface area contributed by atoms with Gasteiger partial charge in [-0.3, -0.25) is 4.98 Å². The Morgan fingerprint density at radius 2 is 2.14 bits per heavy atom. The molecule has 0 fully saturated rings. The van der Waals surface area contributed by atoms with Gasteiger partial charge in [-0.25, -0.2) is 9.97 Å². The molecule has 4 heteroatoms. The highest BCUT2D eigenvalue weighted by Crippen LogP contribution is 2.38. The van der Waals surface area contributed by atoms with Crippen molar-refractivity contribution in [3.05, 3.63) is 46.7 Å². The predicted molar refractivity (Wildman–Crippen MR) is 84.7 cm³/mol. The van der Waals surface area contributed by atoms with Gasteiger partial charge in [-0.1, -0.05) is 13.0 Å². The lowest BCUT2D eigenvalue weighted by atomic mass is 9.98. The molecule has 0 radical (unpaired) electrons. The number of pyridine rings is 1. The number of rotatable bonds is 4. The van der Waals surface area contributed by atoms with Gasteiger partial charge in [-0.2, -0.15) is 0 Å². The van der Waals surface area contributed by atoms with Crippen molar-refractivity contribution >= 4 is 5.82 Å². The topological polar surface area (TPSA) is 50.7 Å². The minimum atomic E-state index is 0.312. The summed E-state index contributed by atoms with van der Waals surface area (Å²) in [6.45, 7) is 4.27. The van der Waals surface area contributed by atoms with Crippen LogP contribution in [-0.4, -0.2) is 22.0 Å². The molecule has 2 aromatic heterocycles. The van der Waals surface area contributed by atoms with Crippen LogP contribution >= 0.6 is 0 Å². The Hall–Kier alpha value is -1.97. The molecule has 2 aromatic rings. The molecule has 0 bridgehead atoms. The summed E-state index contributed by atoms with van der Waals surface area (Å²) < 4.78 is 0. The molecule has 0 saturated carbocycles. The molecule has 0 amide bonds. The summed E-state index contributed by atoms with van der Waals surface area (Å²) in [5.74, 6) is 2.20. The molecule has 0 aliphatic heterocycles. The Labute approximate surface area is 126 Å². The third-order valence-corrected chi connectivity index (χ3v) is 4.23. The molecule has 1 N–H and O–H groups in total. The van der Waals surface area contributed by atoms with Gasteiger partial charge in [0.25, 0.3) is 0 Å². The molecule has 1 aliphatic rings. The van der Waals surface area contributed by atoms with E-state index in [1.807, 2.05) is 19.3 Å². The molecule has 0 aromatic carbocycles. The molecule has 1 unspecified atom stereocenters. The van der Waals surface area contributed by atoms with Gasteiger partial charge in [0.2, 0.25) is 0 Å². The number of anilines is 1. The summed E-state index contributed by atoms with van der Waals surface area (Å²) >= 11 is 0. The van der Waals surface area contributed by atoms with Crippen molar-refractivity contribution in [2.75, 3.05) is 12.4 Å². The first-order valence-electron chi connectivity index (χ1n) is 7.73. The van der Waals surface area contributed by atoms with Gasteiger partial charge < -0.3 is 5.32 Å². The van der Waals surface area contributed by atoms with Crippen molar-refractivity contribution in [3.63, 3.8) is 0 Å². The fraction of sp³-hybridized carbons (Fsp3) is 0.471. The van der Waals surface area contributed by atoms with Crippen molar-refractivity contribution in [1.29, 1.82) is 0 Å². The average molecular weight is 282 g/mol. The van der Waals surface area contributed by atoms with Crippen LogP contribution in [0.1, 0.15) is 54.0 Å². The van der Waals surface area contributed by atoms with E-state index >= 15 is 0 Å². The quantitative estimate of drug-likeness (QED) is 0.935. The van der Waals surface area contributed by atoms with E-state index in [1.54, 1.807) is 0 Å². The van der Waals surface area contributed by atoms with Gasteiger partial charge in [0, 0.05) is 31.1 Å². The lowest BCUT2D eigenvalue weighted by Gasteiger charge is -2.17. The maximum atomic E-state index is 4.86. The van der Waals surface area contributed by atoms with E-state index in [0.717, 1.165) is 48.6 Å². The maximum Gasteiger partial charge on any atom is 0.132 e. The summed E-state index contributed by atoms with van der Waals surface area (Å²) in [5.41, 5.74) is 4.86. The Kier molecular flexibility index (Phi) is 3.86. The van der Waals surface area contributed by atoms with Gasteiger partial charge in [0.1, 0.15) is 11.6 Å². The zero-order valence-electron chi connectivity index (χ0n) is 13.0. The molecular weight excluding hydrogens is 260 g/mol. The van der Waals surface area contributed by atoms with Gasteiger partial charge in [-0.05, 0) is 37.8 Å². The van der Waals surface area contributed by atoms with Crippen LogP contribution in [0.4, 0.5) is 5.82 Å². The molecule has 1 aliphatic carbocycles. The van der Waals surface area contributed by atoms with Crippen LogP contribution in [0.25, 0.3) is 0 Å². The molecule has 4 nitrogen and oxygen atoms in total. The van der Waals surface area contributed by atoms with Gasteiger partial charge >= 0.3 is 0 Å². The first kappa shape index (κ1) is 14.0. The number of hydrogen-bond donors (Lipinski definition) is 1. The summed E-state index contributed by atoms with van der Waals surface area (Å²) in [6.07, 6.45) is 6.06. The Morgan fingerprint density at radius 1 is 1.29 bits per heavy atom. The Balaban J connectivity index is 2.08. The van der Waals surface area contributed by atoms with Crippen LogP contribution < -0.4 is 5.32 Å². The van der Waals surface area contributed by atoms with Crippen molar-refractivity contribution in [2.24, 2.45) is 0 Å². The molecule has 21 heavy (non-hydrogen) atoms. The predicted octanol–water partition coefficient (Wildman–Crippen LogP) is 3.25. The molecule has 0 spiro atoms. The summed E-state index contributed by atoms with van der Waals surface area (Å²) in [6, 6.07) is 4.21. The second kappa shape index (κ2) is 5.80. The normalized spacial score (nSPS) is 16.8. The van der Waals surface area contributed by atoms with E-state index < -0.39 is 0 Å². The van der Waals surface area contributed by atoms with Gasteiger partial charge in [-0.15, -0.1) is 0 Å². The number of nitrogens with zero attached hydrogens (tertiary/aromatic N) is 3. The fourth-order valence-corrected chi connectivity index (χ4v) is 3.18. The summed E-state index contributed by atoms with van der Waals surface area (Å²) in [7, 11) is 1.93. The second-order valence-electron chi connectivity index (χ2n) is 5.64. The Bertz CT molecular complexity index is 651. The Morgan fingerprint density at radius 3 is 2.90 bits per heavy atom. The van der Waals surface area contributed by atoms with Crippen LogP contribution in [0.5, 0.6) is 0 Å². The lowest BCUT2D eigenvalue weighted by molar-refractivity contribution is 0.714. The zero-order chi connectivity index (χ0) is 14.8. The smallest absolute Gasteiger partial charge is 0.132 e. The third-order valence-electron chi connectivity index (χ3n) is 4.23. The van der Waals surface area contributed by atoms with Crippen molar-refractivity contribution in [2.45, 2.75) is 45.4 Å². The van der Waals surface area contributed by atoms with Crippen LogP contribution in [0.2, 0.25) is 0 Å². The van der Waals surface area contributed by atoms with Crippen molar-refractivity contribution in [1.82, 2.24) is 15.0 Å². The van der Waals surface area contributed by atoms with E-state index in [1.165, 1.54) is 11.3 Å². The van der Waals surface area contributed by atoms with E-state index in [2.05, 4.69) is 35.2 Å². The molecule has 2 heterocycles. The minimum absolute atomic E-state index is 0.312. The average Bonchev–Trinajstić information content (AvgIpc) is 2.93. The first-order valence-corrected chi connectivity index (χ1v) is 7.73. The van der Waals surface area contributed by atoms with Crippen molar-refractivity contribution < 1.29 is 0 Å². The van der Waals surface area contributed by atoms with Crippen LogP contribution in [0, 0.1) is 6.92 Å². The molecular formula is C17H22N4. The molecule has 110 valence electrons. The summed E-state index contributed by atoms with van der Waals surface area (Å²) in [5, 5.41) is 3.21. The van der Waals surface area contributed by atoms with E-state index in [4.69, 9.17) is 4.98 Å².